The largest absolute Gasteiger partial charge is 0.383 e. The van der Waals surface area contributed by atoms with Gasteiger partial charge in [0.05, 0.1) is 11.3 Å². The third kappa shape index (κ3) is 3.32. The molecule has 3 N–H and O–H groups in total. The molecule has 0 saturated carbocycles. The number of para-hydroxylation sites is 1. The predicted octanol–water partition coefficient (Wildman–Crippen LogP) is 3.60. The number of aromatic amines is 1. The maximum absolute atomic E-state index is 6.02. The molecule has 124 valence electrons. The van der Waals surface area contributed by atoms with Gasteiger partial charge in [0.1, 0.15) is 11.6 Å². The predicted molar refractivity (Wildman–Crippen MR) is 100 cm³/mol. The molecule has 2 heterocycles. The minimum Gasteiger partial charge on any atom is -0.383 e. The first kappa shape index (κ1) is 15.6. The highest BCUT2D eigenvalue weighted by Crippen LogP contribution is 2.23. The Morgan fingerprint density at radius 1 is 1.00 bits per heavy atom. The average Bonchev–Trinajstić information content (AvgIpc) is 3.10. The van der Waals surface area contributed by atoms with Gasteiger partial charge < -0.3 is 5.73 Å². The van der Waals surface area contributed by atoms with Crippen molar-refractivity contribution in [1.29, 1.82) is 0 Å². The molecule has 0 amide bonds. The molecule has 2 aromatic carbocycles. The summed E-state index contributed by atoms with van der Waals surface area (Å²) >= 11 is 1.48. The molecule has 0 unspecified atom stereocenters. The molecule has 25 heavy (non-hydrogen) atoms. The quantitative estimate of drug-likeness (QED) is 0.547. The first-order valence-corrected chi connectivity index (χ1v) is 8.81. The number of aromatic nitrogens is 5. The van der Waals surface area contributed by atoms with Gasteiger partial charge in [-0.1, -0.05) is 53.7 Å². The van der Waals surface area contributed by atoms with Crippen LogP contribution < -0.4 is 5.73 Å². The maximum Gasteiger partial charge on any atom is 0.209 e. The second kappa shape index (κ2) is 6.52. The monoisotopic (exact) mass is 348 g/mol. The normalized spacial score (nSPS) is 11.1. The van der Waals surface area contributed by atoms with Gasteiger partial charge >= 0.3 is 0 Å². The highest BCUT2D eigenvalue weighted by Gasteiger charge is 2.09. The van der Waals surface area contributed by atoms with E-state index in [2.05, 4.69) is 44.2 Å². The van der Waals surface area contributed by atoms with E-state index in [0.29, 0.717) is 22.6 Å². The van der Waals surface area contributed by atoms with Crippen LogP contribution in [0.2, 0.25) is 0 Å². The Morgan fingerprint density at radius 3 is 2.64 bits per heavy atom. The molecule has 0 aliphatic rings. The zero-order valence-electron chi connectivity index (χ0n) is 13.6. The third-order valence-corrected chi connectivity index (χ3v) is 4.64. The van der Waals surface area contributed by atoms with Crippen LogP contribution in [0.5, 0.6) is 0 Å². The van der Waals surface area contributed by atoms with Gasteiger partial charge in [0, 0.05) is 10.9 Å². The van der Waals surface area contributed by atoms with Crippen LogP contribution in [0.4, 0.5) is 5.82 Å². The molecule has 0 aliphatic carbocycles. The van der Waals surface area contributed by atoms with Gasteiger partial charge in [-0.05, 0) is 19.1 Å². The van der Waals surface area contributed by atoms with Crippen LogP contribution in [0.25, 0.3) is 22.3 Å². The van der Waals surface area contributed by atoms with Crippen molar-refractivity contribution in [3.05, 3.63) is 59.9 Å². The molecule has 0 bridgehead atoms. The summed E-state index contributed by atoms with van der Waals surface area (Å²) in [6.45, 7) is 2.06. The molecule has 0 fully saturated rings. The smallest absolute Gasteiger partial charge is 0.209 e. The Morgan fingerprint density at radius 2 is 1.80 bits per heavy atom. The number of nitrogen functional groups attached to an aromatic ring is 1. The van der Waals surface area contributed by atoms with E-state index in [4.69, 9.17) is 5.73 Å². The van der Waals surface area contributed by atoms with Crippen molar-refractivity contribution in [2.24, 2.45) is 0 Å². The molecular weight excluding hydrogens is 332 g/mol. The number of hydrogen-bond acceptors (Lipinski definition) is 6. The molecule has 6 nitrogen and oxygen atoms in total. The fraction of sp³-hybridized carbons (Fsp3) is 0.111. The van der Waals surface area contributed by atoms with E-state index in [0.717, 1.165) is 22.3 Å². The number of nitrogens with zero attached hydrogens (tertiary/aromatic N) is 4. The fourth-order valence-electron chi connectivity index (χ4n) is 2.50. The lowest BCUT2D eigenvalue weighted by Crippen LogP contribution is -2.00. The summed E-state index contributed by atoms with van der Waals surface area (Å²) in [6.07, 6.45) is 0. The van der Waals surface area contributed by atoms with Gasteiger partial charge in [0.2, 0.25) is 5.16 Å². The Balaban J connectivity index is 1.51. The van der Waals surface area contributed by atoms with Crippen molar-refractivity contribution in [3.63, 3.8) is 0 Å². The number of aryl methyl sites for hydroxylation is 1. The number of nitrogens with one attached hydrogen (secondary N) is 1. The van der Waals surface area contributed by atoms with Crippen molar-refractivity contribution in [3.8, 4) is 11.4 Å². The number of H-pyrrole nitrogens is 1. The Kier molecular flexibility index (Phi) is 4.07. The fourth-order valence-corrected chi connectivity index (χ4v) is 3.15. The minimum atomic E-state index is 0.497. The topological polar surface area (TPSA) is 93.4 Å². The van der Waals surface area contributed by atoms with Crippen molar-refractivity contribution in [1.82, 2.24) is 25.1 Å². The van der Waals surface area contributed by atoms with E-state index in [1.807, 2.05) is 36.4 Å². The lowest BCUT2D eigenvalue weighted by atomic mass is 10.1. The summed E-state index contributed by atoms with van der Waals surface area (Å²) < 4.78 is 0. The Hall–Kier alpha value is -2.93. The highest BCUT2D eigenvalue weighted by molar-refractivity contribution is 7.98. The zero-order valence-corrected chi connectivity index (χ0v) is 14.4. The Bertz CT molecular complexity index is 1030. The minimum absolute atomic E-state index is 0.497. The lowest BCUT2D eigenvalue weighted by molar-refractivity contribution is 0.968. The average molecular weight is 348 g/mol. The van der Waals surface area contributed by atoms with Gasteiger partial charge in [0.15, 0.2) is 5.82 Å². The van der Waals surface area contributed by atoms with E-state index < -0.39 is 0 Å². The first-order chi connectivity index (χ1) is 12.2. The van der Waals surface area contributed by atoms with E-state index in [9.17, 15) is 0 Å². The van der Waals surface area contributed by atoms with Crippen LogP contribution in [0.15, 0.2) is 53.7 Å². The van der Waals surface area contributed by atoms with Crippen molar-refractivity contribution in [2.75, 3.05) is 5.73 Å². The summed E-state index contributed by atoms with van der Waals surface area (Å²) in [5.74, 6) is 2.47. The number of thioether (sulfide) groups is 1. The van der Waals surface area contributed by atoms with Crippen LogP contribution in [0.3, 0.4) is 0 Å². The number of benzene rings is 2. The first-order valence-electron chi connectivity index (χ1n) is 7.82. The molecule has 2 aromatic heterocycles. The van der Waals surface area contributed by atoms with E-state index in [1.54, 1.807) is 0 Å². The lowest BCUT2D eigenvalue weighted by Gasteiger charge is -2.03. The van der Waals surface area contributed by atoms with Crippen LogP contribution >= 0.6 is 11.8 Å². The third-order valence-electron chi connectivity index (χ3n) is 3.80. The second-order valence-corrected chi connectivity index (χ2v) is 6.61. The molecule has 0 atom stereocenters. The van der Waals surface area contributed by atoms with Crippen LogP contribution in [-0.4, -0.2) is 25.1 Å². The summed E-state index contributed by atoms with van der Waals surface area (Å²) in [5, 5.41) is 8.76. The second-order valence-electron chi connectivity index (χ2n) is 5.66. The zero-order chi connectivity index (χ0) is 17.2. The highest BCUT2D eigenvalue weighted by atomic mass is 32.2. The van der Waals surface area contributed by atoms with Gasteiger partial charge in [-0.25, -0.2) is 15.0 Å². The Labute approximate surface area is 148 Å². The van der Waals surface area contributed by atoms with Crippen LogP contribution in [-0.2, 0) is 5.75 Å². The van der Waals surface area contributed by atoms with E-state index >= 15 is 0 Å². The van der Waals surface area contributed by atoms with Crippen molar-refractivity contribution in [2.45, 2.75) is 17.8 Å². The number of hydrogen-bond donors (Lipinski definition) is 2. The number of nitrogens with two attached hydrogens (primary N) is 1. The molecule has 0 aliphatic heterocycles. The molecule has 7 heteroatoms. The molecule has 0 radical (unpaired) electrons. The number of fused-ring (bicyclic) bond motifs is 1. The van der Waals surface area contributed by atoms with E-state index in [1.165, 1.54) is 17.3 Å². The van der Waals surface area contributed by atoms with Crippen LogP contribution in [0.1, 0.15) is 11.4 Å². The van der Waals surface area contributed by atoms with Crippen molar-refractivity contribution >= 4 is 28.5 Å². The molecule has 4 aromatic rings. The number of rotatable bonds is 4. The van der Waals surface area contributed by atoms with Gasteiger partial charge in [-0.15, -0.1) is 5.10 Å². The van der Waals surface area contributed by atoms with E-state index in [-0.39, 0.29) is 0 Å². The van der Waals surface area contributed by atoms with Gasteiger partial charge in [-0.3, -0.25) is 5.10 Å². The summed E-state index contributed by atoms with van der Waals surface area (Å²) in [4.78, 5) is 13.4. The standard InChI is InChI=1S/C18H16N6S/c1-11-6-8-12(9-7-11)17-22-18(24-23-17)25-10-15-20-14-5-3-2-4-13(14)16(19)21-15/h2-9H,10H2,1H3,(H2,19,20,21)(H,22,23,24). The molecule has 0 spiro atoms. The summed E-state index contributed by atoms with van der Waals surface area (Å²) in [5.41, 5.74) is 9.09. The molecule has 0 saturated heterocycles. The summed E-state index contributed by atoms with van der Waals surface area (Å²) in [7, 11) is 0. The molecule has 4 rings (SSSR count). The van der Waals surface area contributed by atoms with Crippen molar-refractivity contribution < 1.29 is 0 Å². The van der Waals surface area contributed by atoms with Crippen LogP contribution in [0, 0.1) is 6.92 Å². The SMILES string of the molecule is Cc1ccc(-c2nc(SCc3nc(N)c4ccccc4n3)n[nH]2)cc1. The van der Waals surface area contributed by atoms with Gasteiger partial charge in [0.25, 0.3) is 0 Å². The number of anilines is 1. The van der Waals surface area contributed by atoms with Gasteiger partial charge in [-0.2, -0.15) is 0 Å². The maximum atomic E-state index is 6.02. The summed E-state index contributed by atoms with van der Waals surface area (Å²) in [6, 6.07) is 15.9. The molecular formula is C18H16N6S.